The second kappa shape index (κ2) is 3.71. The highest BCUT2D eigenvalue weighted by Crippen LogP contribution is 2.24. The van der Waals surface area contributed by atoms with E-state index in [1.54, 1.807) is 0 Å². The zero-order valence-corrected chi connectivity index (χ0v) is 6.05. The van der Waals surface area contributed by atoms with Crippen LogP contribution in [-0.2, 0) is 4.79 Å². The average Bonchev–Trinajstić information content (AvgIpc) is 2.05. The van der Waals surface area contributed by atoms with Crippen molar-refractivity contribution in [2.45, 2.75) is 32.1 Å². The molecule has 0 amide bonds. The van der Waals surface area contributed by atoms with Gasteiger partial charge >= 0.3 is 0 Å². The Morgan fingerprint density at radius 2 is 1.90 bits per heavy atom. The molecule has 1 fully saturated rings. The number of hydrogen-bond acceptors (Lipinski definition) is 2. The third-order valence-corrected chi connectivity index (χ3v) is 2.13. The van der Waals surface area contributed by atoms with Crippen molar-refractivity contribution >= 4 is 5.78 Å². The Morgan fingerprint density at radius 3 is 2.40 bits per heavy atom. The van der Waals surface area contributed by atoms with Gasteiger partial charge in [-0.2, -0.15) is 0 Å². The topological polar surface area (TPSA) is 37.3 Å². The van der Waals surface area contributed by atoms with E-state index in [0.717, 1.165) is 32.3 Å². The van der Waals surface area contributed by atoms with Crippen molar-refractivity contribution in [2.24, 2.45) is 5.92 Å². The molecule has 0 spiro atoms. The first-order valence-electron chi connectivity index (χ1n) is 3.86. The molecule has 0 aliphatic heterocycles. The Labute approximate surface area is 61.2 Å². The molecule has 10 heavy (non-hydrogen) atoms. The van der Waals surface area contributed by atoms with Crippen molar-refractivity contribution in [3.8, 4) is 0 Å². The lowest BCUT2D eigenvalue weighted by Gasteiger charge is -2.18. The Hall–Kier alpha value is -0.370. The first kappa shape index (κ1) is 7.73. The monoisotopic (exact) mass is 141 g/mol. The maximum absolute atomic E-state index is 10.9. The number of carbonyl (C=O) groups excluding carboxylic acids is 1. The first-order valence-corrected chi connectivity index (χ1v) is 3.86. The lowest BCUT2D eigenvalue weighted by Crippen LogP contribution is -2.17. The highest BCUT2D eigenvalue weighted by molar-refractivity contribution is 5.87. The quantitative estimate of drug-likeness (QED) is 0.635. The summed E-state index contributed by atoms with van der Waals surface area (Å²) in [5, 5.41) is 8.41. The van der Waals surface area contributed by atoms with Gasteiger partial charge in [-0.15, -0.1) is 0 Å². The fraction of sp³-hybridized carbons (Fsp3) is 0.750. The number of Topliss-reactive ketones (excluding diaryl/α,β-unsaturated/α-hetero) is 1. The van der Waals surface area contributed by atoms with E-state index in [-0.39, 0.29) is 11.7 Å². The number of hydrogen-bond donors (Lipinski definition) is 1. The van der Waals surface area contributed by atoms with E-state index in [1.165, 1.54) is 6.42 Å². The zero-order valence-electron chi connectivity index (χ0n) is 6.05. The molecule has 2 nitrogen and oxygen atoms in total. The van der Waals surface area contributed by atoms with Crippen LogP contribution in [0.3, 0.4) is 0 Å². The molecular weight excluding hydrogens is 128 g/mol. The van der Waals surface area contributed by atoms with Crippen LogP contribution in [0.4, 0.5) is 0 Å². The molecule has 57 valence electrons. The summed E-state index contributed by atoms with van der Waals surface area (Å²) in [7, 11) is 0. The zero-order chi connectivity index (χ0) is 7.40. The largest absolute Gasteiger partial charge is 0.382 e. The summed E-state index contributed by atoms with van der Waals surface area (Å²) in [4.78, 5) is 10.9. The van der Waals surface area contributed by atoms with Gasteiger partial charge in [0.25, 0.3) is 0 Å². The highest BCUT2D eigenvalue weighted by atomic mass is 16.3. The number of aliphatic hydroxyl groups excluding tert-OH is 1. The summed E-state index contributed by atoms with van der Waals surface area (Å²) < 4.78 is 0. The summed E-state index contributed by atoms with van der Waals surface area (Å²) in [5.74, 6) is 0.0402. The standard InChI is InChI=1S/C8H13O2/c9-6-8(10)7-4-2-1-3-5-7/h6-7,9H,1-5H2. The van der Waals surface area contributed by atoms with Crippen molar-refractivity contribution in [2.75, 3.05) is 0 Å². The molecule has 1 N–H and O–H groups in total. The molecule has 0 atom stereocenters. The lowest BCUT2D eigenvalue weighted by atomic mass is 9.86. The third kappa shape index (κ3) is 1.81. The second-order valence-electron chi connectivity index (χ2n) is 2.87. The molecule has 0 bridgehead atoms. The van der Waals surface area contributed by atoms with Gasteiger partial charge in [0.05, 0.1) is 0 Å². The van der Waals surface area contributed by atoms with E-state index in [2.05, 4.69) is 0 Å². The molecule has 0 aromatic heterocycles. The smallest absolute Gasteiger partial charge is 0.167 e. The van der Waals surface area contributed by atoms with E-state index < -0.39 is 0 Å². The van der Waals surface area contributed by atoms with Crippen LogP contribution in [0.2, 0.25) is 0 Å². The summed E-state index contributed by atoms with van der Waals surface area (Å²) in [6.07, 6.45) is 5.47. The minimum atomic E-state index is -0.0836. The molecule has 0 unspecified atom stereocenters. The predicted molar refractivity (Wildman–Crippen MR) is 37.8 cm³/mol. The Kier molecular flexibility index (Phi) is 2.87. The van der Waals surface area contributed by atoms with Crippen LogP contribution in [0.1, 0.15) is 32.1 Å². The second-order valence-corrected chi connectivity index (χ2v) is 2.87. The van der Waals surface area contributed by atoms with E-state index in [1.807, 2.05) is 0 Å². The molecule has 1 saturated carbocycles. The van der Waals surface area contributed by atoms with E-state index in [4.69, 9.17) is 5.11 Å². The number of rotatable bonds is 2. The first-order chi connectivity index (χ1) is 4.84. The Balaban J connectivity index is 2.31. The van der Waals surface area contributed by atoms with Crippen molar-refractivity contribution in [3.63, 3.8) is 0 Å². The van der Waals surface area contributed by atoms with Crippen LogP contribution in [0, 0.1) is 12.5 Å². The molecular formula is C8H13O2. The predicted octanol–water partition coefficient (Wildman–Crippen LogP) is 1.67. The molecule has 0 saturated heterocycles. The molecule has 1 aliphatic rings. The minimum Gasteiger partial charge on any atom is -0.382 e. The van der Waals surface area contributed by atoms with Gasteiger partial charge in [0.2, 0.25) is 0 Å². The van der Waals surface area contributed by atoms with Crippen molar-refractivity contribution < 1.29 is 9.90 Å². The van der Waals surface area contributed by atoms with Crippen molar-refractivity contribution in [3.05, 3.63) is 6.61 Å². The fourth-order valence-corrected chi connectivity index (χ4v) is 1.49. The summed E-state index contributed by atoms with van der Waals surface area (Å²) in [5.41, 5.74) is 0. The van der Waals surface area contributed by atoms with Gasteiger partial charge in [0, 0.05) is 5.92 Å². The Bertz CT molecular complexity index is 114. The van der Waals surface area contributed by atoms with Crippen molar-refractivity contribution in [1.82, 2.24) is 0 Å². The van der Waals surface area contributed by atoms with Crippen LogP contribution >= 0.6 is 0 Å². The minimum absolute atomic E-state index is 0.0836. The average molecular weight is 141 g/mol. The van der Waals surface area contributed by atoms with Crippen LogP contribution in [-0.4, -0.2) is 10.9 Å². The van der Waals surface area contributed by atoms with Gasteiger partial charge in [-0.05, 0) is 12.8 Å². The van der Waals surface area contributed by atoms with E-state index >= 15 is 0 Å². The van der Waals surface area contributed by atoms with E-state index in [0.29, 0.717) is 0 Å². The molecule has 0 aromatic rings. The fourth-order valence-electron chi connectivity index (χ4n) is 1.49. The van der Waals surface area contributed by atoms with Gasteiger partial charge < -0.3 is 5.11 Å². The maximum atomic E-state index is 10.9. The molecule has 1 aliphatic carbocycles. The summed E-state index contributed by atoms with van der Waals surface area (Å²) >= 11 is 0. The van der Waals surface area contributed by atoms with Gasteiger partial charge in [0.15, 0.2) is 5.78 Å². The normalized spacial score (nSPS) is 20.9. The van der Waals surface area contributed by atoms with Gasteiger partial charge in [0.1, 0.15) is 6.61 Å². The van der Waals surface area contributed by atoms with Crippen LogP contribution in [0.15, 0.2) is 0 Å². The lowest BCUT2D eigenvalue weighted by molar-refractivity contribution is -0.123. The molecule has 2 heteroatoms. The van der Waals surface area contributed by atoms with Gasteiger partial charge in [-0.25, -0.2) is 0 Å². The number of ketones is 1. The number of carbonyl (C=O) groups is 1. The SMILES string of the molecule is O=C([CH]O)C1CCCCC1. The Morgan fingerprint density at radius 1 is 1.30 bits per heavy atom. The van der Waals surface area contributed by atoms with E-state index in [9.17, 15) is 4.79 Å². The van der Waals surface area contributed by atoms with Crippen LogP contribution in [0.5, 0.6) is 0 Å². The molecule has 1 rings (SSSR count). The summed E-state index contributed by atoms with van der Waals surface area (Å²) in [6, 6.07) is 0. The van der Waals surface area contributed by atoms with Crippen molar-refractivity contribution in [1.29, 1.82) is 0 Å². The molecule has 0 aromatic carbocycles. The van der Waals surface area contributed by atoms with Crippen LogP contribution in [0.25, 0.3) is 0 Å². The highest BCUT2D eigenvalue weighted by Gasteiger charge is 2.19. The molecule has 0 heterocycles. The third-order valence-electron chi connectivity index (χ3n) is 2.13. The number of aliphatic hydroxyl groups is 1. The molecule has 1 radical (unpaired) electrons. The van der Waals surface area contributed by atoms with Crippen LogP contribution < -0.4 is 0 Å². The van der Waals surface area contributed by atoms with Gasteiger partial charge in [-0.3, -0.25) is 4.79 Å². The van der Waals surface area contributed by atoms with Gasteiger partial charge in [-0.1, -0.05) is 19.3 Å². The maximum Gasteiger partial charge on any atom is 0.167 e. The summed E-state index contributed by atoms with van der Waals surface area (Å²) in [6.45, 7) is 0.718.